The van der Waals surface area contributed by atoms with Gasteiger partial charge in [-0.05, 0) is 36.6 Å². The van der Waals surface area contributed by atoms with Gasteiger partial charge in [-0.15, -0.1) is 0 Å². The lowest BCUT2D eigenvalue weighted by molar-refractivity contribution is -0.148. The maximum Gasteiger partial charge on any atom is 0.330 e. The number of aryl methyl sites for hydroxylation is 1. The van der Waals surface area contributed by atoms with Crippen LogP contribution in [0.25, 0.3) is 0 Å². The highest BCUT2D eigenvalue weighted by molar-refractivity contribution is 7.80. The molecule has 124 valence electrons. The van der Waals surface area contributed by atoms with Crippen LogP contribution in [0.3, 0.4) is 0 Å². The lowest BCUT2D eigenvalue weighted by Gasteiger charge is -2.24. The zero-order valence-electron chi connectivity index (χ0n) is 12.9. The van der Waals surface area contributed by atoms with Crippen molar-refractivity contribution in [1.29, 1.82) is 0 Å². The van der Waals surface area contributed by atoms with Crippen LogP contribution in [-0.4, -0.2) is 40.2 Å². The highest BCUT2D eigenvalue weighted by Gasteiger charge is 2.35. The first-order valence-electron chi connectivity index (χ1n) is 7.50. The topological polar surface area (TPSA) is 57.6 Å². The van der Waals surface area contributed by atoms with Crippen molar-refractivity contribution in [2.24, 2.45) is 5.92 Å². The molecular weight excluding hydrogens is 334 g/mol. The number of carboxylic acid groups (broad SMARTS) is 1. The van der Waals surface area contributed by atoms with Crippen LogP contribution >= 0.6 is 24.2 Å². The molecule has 1 aliphatic heterocycles. The predicted octanol–water partition coefficient (Wildman–Crippen LogP) is 3.06. The van der Waals surface area contributed by atoms with Crippen LogP contribution in [0.5, 0.6) is 0 Å². The first kappa shape index (κ1) is 17.9. The van der Waals surface area contributed by atoms with Crippen molar-refractivity contribution in [2.45, 2.75) is 25.8 Å². The molecule has 4 nitrogen and oxygen atoms in total. The van der Waals surface area contributed by atoms with Gasteiger partial charge in [0.05, 0.1) is 0 Å². The van der Waals surface area contributed by atoms with Crippen molar-refractivity contribution in [3.8, 4) is 0 Å². The van der Waals surface area contributed by atoms with Crippen LogP contribution in [0.4, 0.5) is 0 Å². The molecule has 1 heterocycles. The summed E-state index contributed by atoms with van der Waals surface area (Å²) in [5.74, 6) is -1.04. The van der Waals surface area contributed by atoms with E-state index in [1.54, 1.807) is 13.0 Å². The van der Waals surface area contributed by atoms with Gasteiger partial charge in [0.15, 0.2) is 0 Å². The van der Waals surface area contributed by atoms with Crippen LogP contribution in [-0.2, 0) is 16.0 Å². The number of amides is 1. The summed E-state index contributed by atoms with van der Waals surface area (Å²) in [4.78, 5) is 25.2. The lowest BCUT2D eigenvalue weighted by atomic mass is 10.0. The second kappa shape index (κ2) is 7.88. The maximum absolute atomic E-state index is 12.3. The highest BCUT2D eigenvalue weighted by Crippen LogP contribution is 2.23. The summed E-state index contributed by atoms with van der Waals surface area (Å²) in [7, 11) is 0. The molecule has 1 aliphatic rings. The number of benzene rings is 1. The average Bonchev–Trinajstić information content (AvgIpc) is 2.97. The fraction of sp³-hybridized carbons (Fsp3) is 0.412. The number of nitrogens with zero attached hydrogens (tertiary/aromatic N) is 1. The van der Waals surface area contributed by atoms with E-state index in [2.05, 4.69) is 12.6 Å². The predicted molar refractivity (Wildman–Crippen MR) is 94.0 cm³/mol. The van der Waals surface area contributed by atoms with E-state index in [-0.39, 0.29) is 11.8 Å². The minimum absolute atomic E-state index is 0.162. The number of halogens is 1. The molecule has 1 N–H and O–H groups in total. The molecule has 2 atom stereocenters. The Morgan fingerprint density at radius 1 is 1.35 bits per heavy atom. The molecule has 0 radical (unpaired) electrons. The molecule has 1 amide bonds. The largest absolute Gasteiger partial charge is 0.479 e. The summed E-state index contributed by atoms with van der Waals surface area (Å²) >= 11 is 9.99. The van der Waals surface area contributed by atoms with Gasteiger partial charge in [-0.2, -0.15) is 12.6 Å². The fourth-order valence-electron chi connectivity index (χ4n) is 2.58. The van der Waals surface area contributed by atoms with Crippen LogP contribution in [0.1, 0.15) is 18.9 Å². The van der Waals surface area contributed by atoms with Crippen LogP contribution in [0, 0.1) is 5.92 Å². The zero-order chi connectivity index (χ0) is 17.0. The van der Waals surface area contributed by atoms with Gasteiger partial charge >= 0.3 is 5.97 Å². The first-order valence-corrected chi connectivity index (χ1v) is 8.51. The Hall–Kier alpha value is -1.46. The molecule has 0 aliphatic carbocycles. The van der Waals surface area contributed by atoms with Gasteiger partial charge in [0.1, 0.15) is 6.04 Å². The normalized spacial score (nSPS) is 18.7. The highest BCUT2D eigenvalue weighted by atomic mass is 35.5. The molecule has 2 rings (SSSR count). The number of thiol groups is 1. The number of aliphatic carboxylic acids is 1. The summed E-state index contributed by atoms with van der Waals surface area (Å²) in [6.45, 7) is 2.14. The Labute approximate surface area is 146 Å². The van der Waals surface area contributed by atoms with Crippen molar-refractivity contribution in [3.63, 3.8) is 0 Å². The minimum atomic E-state index is -0.994. The molecule has 0 aromatic heterocycles. The van der Waals surface area contributed by atoms with Gasteiger partial charge in [0, 0.05) is 23.2 Å². The second-order valence-corrected chi connectivity index (χ2v) is 6.59. The number of carboxylic acids is 1. The van der Waals surface area contributed by atoms with Crippen LogP contribution < -0.4 is 0 Å². The van der Waals surface area contributed by atoms with Gasteiger partial charge in [-0.1, -0.05) is 36.2 Å². The molecule has 0 saturated carbocycles. The van der Waals surface area contributed by atoms with Crippen LogP contribution in [0.15, 0.2) is 35.9 Å². The van der Waals surface area contributed by atoms with E-state index >= 15 is 0 Å². The number of carbonyl (C=O) groups excluding carboxylic acids is 1. The van der Waals surface area contributed by atoms with Crippen molar-refractivity contribution >= 4 is 36.1 Å². The SMILES string of the molecule is CC(CS)C(=O)N1CC(CCc2ccc(Cl)cc2)=CC1C(=O)O. The monoisotopic (exact) mass is 353 g/mol. The van der Waals surface area contributed by atoms with E-state index < -0.39 is 12.0 Å². The van der Waals surface area contributed by atoms with Crippen molar-refractivity contribution in [3.05, 3.63) is 46.5 Å². The van der Waals surface area contributed by atoms with E-state index in [1.165, 1.54) is 4.90 Å². The Kier molecular flexibility index (Phi) is 6.13. The summed E-state index contributed by atoms with van der Waals surface area (Å²) in [5.41, 5.74) is 2.11. The van der Waals surface area contributed by atoms with E-state index in [0.717, 1.165) is 24.0 Å². The molecule has 2 unspecified atom stereocenters. The molecule has 0 bridgehead atoms. The molecule has 6 heteroatoms. The Morgan fingerprint density at radius 2 is 2.00 bits per heavy atom. The Bertz CT molecular complexity index is 615. The van der Waals surface area contributed by atoms with Crippen LogP contribution in [0.2, 0.25) is 5.02 Å². The Balaban J connectivity index is 2.03. The van der Waals surface area contributed by atoms with Gasteiger partial charge in [-0.25, -0.2) is 4.79 Å². The summed E-state index contributed by atoms with van der Waals surface area (Å²) < 4.78 is 0. The van der Waals surface area contributed by atoms with Crippen molar-refractivity contribution in [1.82, 2.24) is 4.90 Å². The molecular formula is C17H20ClNO3S. The van der Waals surface area contributed by atoms with Gasteiger partial charge in [-0.3, -0.25) is 4.79 Å². The van der Waals surface area contributed by atoms with E-state index in [4.69, 9.17) is 11.6 Å². The number of carbonyl (C=O) groups is 2. The average molecular weight is 354 g/mol. The molecule has 1 aromatic rings. The van der Waals surface area contributed by atoms with Gasteiger partial charge in [0.2, 0.25) is 5.91 Å². The van der Waals surface area contributed by atoms with Gasteiger partial charge in [0.25, 0.3) is 0 Å². The number of hydrogen-bond donors (Lipinski definition) is 2. The molecule has 1 aromatic carbocycles. The first-order chi connectivity index (χ1) is 10.9. The quantitative estimate of drug-likeness (QED) is 0.610. The molecule has 0 saturated heterocycles. The minimum Gasteiger partial charge on any atom is -0.479 e. The van der Waals surface area contributed by atoms with Gasteiger partial charge < -0.3 is 10.0 Å². The van der Waals surface area contributed by atoms with Crippen molar-refractivity contribution in [2.75, 3.05) is 12.3 Å². The third-order valence-corrected chi connectivity index (χ3v) is 4.78. The Morgan fingerprint density at radius 3 is 2.57 bits per heavy atom. The molecule has 0 spiro atoms. The maximum atomic E-state index is 12.3. The van der Waals surface area contributed by atoms with E-state index in [0.29, 0.717) is 17.3 Å². The van der Waals surface area contributed by atoms with E-state index in [1.807, 2.05) is 24.3 Å². The second-order valence-electron chi connectivity index (χ2n) is 5.78. The number of rotatable bonds is 6. The van der Waals surface area contributed by atoms with E-state index in [9.17, 15) is 14.7 Å². The zero-order valence-corrected chi connectivity index (χ0v) is 14.6. The summed E-state index contributed by atoms with van der Waals surface area (Å²) in [5, 5.41) is 10.0. The lowest BCUT2D eigenvalue weighted by Crippen LogP contribution is -2.43. The third kappa shape index (κ3) is 4.52. The summed E-state index contributed by atoms with van der Waals surface area (Å²) in [6, 6.07) is 6.72. The fourth-order valence-corrected chi connectivity index (χ4v) is 2.86. The molecule has 23 heavy (non-hydrogen) atoms. The third-order valence-electron chi connectivity index (χ3n) is 3.98. The number of hydrogen-bond acceptors (Lipinski definition) is 3. The summed E-state index contributed by atoms with van der Waals surface area (Å²) in [6.07, 6.45) is 3.21. The van der Waals surface area contributed by atoms with Crippen molar-refractivity contribution < 1.29 is 14.7 Å². The molecule has 0 fully saturated rings. The standard InChI is InChI=1S/C17H20ClNO3S/c1-11(10-23)16(20)19-9-13(8-15(19)17(21)22)3-2-12-4-6-14(18)7-5-12/h4-8,11,15,23H,2-3,9-10H2,1H3,(H,21,22). The smallest absolute Gasteiger partial charge is 0.330 e.